The Morgan fingerprint density at radius 2 is 0.968 bits per heavy atom. The molecule has 0 heterocycles. The normalized spacial score (nSPS) is 11.4. The fraction of sp³-hybridized carbons (Fsp3) is 0.844. The predicted octanol–water partition coefficient (Wildman–Crippen LogP) is 4.83. The van der Waals surface area contributed by atoms with Gasteiger partial charge in [-0.2, -0.15) is 0 Å². The molecular weight excluding hydrogens is 819 g/mol. The van der Waals surface area contributed by atoms with Gasteiger partial charge in [0.1, 0.15) is 25.0 Å². The minimum absolute atomic E-state index is 0.0269. The highest BCUT2D eigenvalue weighted by Gasteiger charge is 2.17. The summed E-state index contributed by atoms with van der Waals surface area (Å²) in [6.07, 6.45) is 22.5. The van der Waals surface area contributed by atoms with Gasteiger partial charge >= 0.3 is 11.9 Å². The van der Waals surface area contributed by atoms with Crippen LogP contribution in [0.2, 0.25) is 0 Å². The number of carboxylic acids is 2. The molecule has 18 nitrogen and oxygen atoms in total. The van der Waals surface area contributed by atoms with E-state index in [0.29, 0.717) is 19.4 Å². The molecular formula is C45H87N5O13. The lowest BCUT2D eigenvalue weighted by Gasteiger charge is -2.11. The van der Waals surface area contributed by atoms with E-state index in [1.54, 1.807) is 0 Å². The second-order valence-electron chi connectivity index (χ2n) is 14.9. The molecule has 370 valence electrons. The van der Waals surface area contributed by atoms with E-state index in [4.69, 9.17) is 34.9 Å². The Labute approximate surface area is 378 Å². The van der Waals surface area contributed by atoms with Crippen molar-refractivity contribution in [1.82, 2.24) is 21.3 Å². The maximum absolute atomic E-state index is 11.7. The summed E-state index contributed by atoms with van der Waals surface area (Å²) in [5.41, 5.74) is 5.64. The third-order valence-corrected chi connectivity index (χ3v) is 9.36. The number of nitrogens with two attached hydrogens (primary N) is 1. The third kappa shape index (κ3) is 52.5. The molecule has 0 fully saturated rings. The van der Waals surface area contributed by atoms with Crippen LogP contribution >= 0.6 is 0 Å². The molecule has 63 heavy (non-hydrogen) atoms. The van der Waals surface area contributed by atoms with Gasteiger partial charge in [0.05, 0.1) is 45.7 Å². The van der Waals surface area contributed by atoms with Crippen molar-refractivity contribution in [1.29, 1.82) is 0 Å². The summed E-state index contributed by atoms with van der Waals surface area (Å²) in [6, 6.07) is -1.56. The van der Waals surface area contributed by atoms with Crippen molar-refractivity contribution >= 4 is 41.9 Å². The molecule has 0 bridgehead atoms. The highest BCUT2D eigenvalue weighted by molar-refractivity contribution is 5.81. The molecule has 4 amide bonds. The molecule has 0 radical (unpaired) electrons. The van der Waals surface area contributed by atoms with Crippen LogP contribution in [-0.4, -0.2) is 137 Å². The first-order valence-electron chi connectivity index (χ1n) is 23.5. The number of nitrogens with one attached hydrogen (secondary N) is 4. The van der Waals surface area contributed by atoms with Gasteiger partial charge in [0.15, 0.2) is 0 Å². The first-order valence-corrected chi connectivity index (χ1v) is 23.5. The second-order valence-corrected chi connectivity index (χ2v) is 14.9. The lowest BCUT2D eigenvalue weighted by atomic mass is 10.0. The van der Waals surface area contributed by atoms with Crippen molar-refractivity contribution in [3.63, 3.8) is 0 Å². The number of carbonyl (C=O) groups is 7. The molecule has 2 atom stereocenters. The quantitative estimate of drug-likeness (QED) is 0.0319. The lowest BCUT2D eigenvalue weighted by Crippen LogP contribution is -2.37. The molecule has 0 aliphatic rings. The van der Waals surface area contributed by atoms with Crippen LogP contribution in [0.15, 0.2) is 0 Å². The molecule has 0 aliphatic carbocycles. The summed E-state index contributed by atoms with van der Waals surface area (Å²) in [7, 11) is 0. The molecule has 0 saturated heterocycles. The number of ketones is 1. The third-order valence-electron chi connectivity index (χ3n) is 9.36. The number of Topliss-reactive ketones (excluding diaryl/α,β-unsaturated/α-hetero) is 1. The number of amides is 4. The van der Waals surface area contributed by atoms with Crippen LogP contribution in [0.25, 0.3) is 0 Å². The van der Waals surface area contributed by atoms with E-state index in [1.807, 2.05) is 13.8 Å². The average molecular weight is 906 g/mol. The number of unbranched alkanes of at least 4 members (excludes halogenated alkanes) is 15. The Morgan fingerprint density at radius 3 is 1.40 bits per heavy atom. The highest BCUT2D eigenvalue weighted by Crippen LogP contribution is 2.13. The SMILES string of the molecule is CC.CC(=O)C(N)CCCCNC(=O)COCCOCCNC(=O)COCCOCCNC(=O)CC[C@H](NC=O)C(=O)O.CCCCCCCCCCCCCCCCCC(=O)O. The smallest absolute Gasteiger partial charge is 0.326 e. The lowest BCUT2D eigenvalue weighted by molar-refractivity contribution is -0.141. The zero-order valence-corrected chi connectivity index (χ0v) is 39.3. The van der Waals surface area contributed by atoms with Crippen molar-refractivity contribution in [2.75, 3.05) is 72.5 Å². The minimum atomic E-state index is -1.21. The Morgan fingerprint density at radius 1 is 0.540 bits per heavy atom. The average Bonchev–Trinajstić information content (AvgIpc) is 3.26. The number of rotatable bonds is 44. The van der Waals surface area contributed by atoms with Crippen molar-refractivity contribution in [3.8, 4) is 0 Å². The minimum Gasteiger partial charge on any atom is -0.481 e. The van der Waals surface area contributed by atoms with Crippen LogP contribution in [-0.2, 0) is 52.5 Å². The molecule has 0 saturated carbocycles. The molecule has 0 aliphatic heterocycles. The van der Waals surface area contributed by atoms with Crippen LogP contribution in [0.3, 0.4) is 0 Å². The van der Waals surface area contributed by atoms with Gasteiger partial charge in [-0.05, 0) is 39.0 Å². The summed E-state index contributed by atoms with van der Waals surface area (Å²) < 4.78 is 21.0. The summed E-state index contributed by atoms with van der Waals surface area (Å²) in [6.45, 7) is 9.84. The van der Waals surface area contributed by atoms with Crippen molar-refractivity contribution in [3.05, 3.63) is 0 Å². The standard InChI is InChI=1S/C25H45N5O11.C18H36O2.C2H6/c1-19(32)20(26)4-2-3-7-27-23(34)16-40-14-13-39-11-9-29-24(35)17-41-15-12-38-10-8-28-22(33)6-5-21(25(36)37)30-18-31;1-2-3-4-5-6-7-8-9-10-11-12-13-14-15-16-17-18(19)20;1-2/h18,20-21H,2-17,26H2,1H3,(H,27,34)(H,28,33)(H,29,35)(H,30,31)(H,36,37);2-17H2,1H3,(H,19,20);1-2H3/t20?,21-;;/m0../s1. The van der Waals surface area contributed by atoms with Gasteiger partial charge in [-0.25, -0.2) is 4.79 Å². The first kappa shape index (κ1) is 63.6. The number of carboxylic acid groups (broad SMARTS) is 2. The summed E-state index contributed by atoms with van der Waals surface area (Å²) in [5, 5.41) is 27.4. The maximum atomic E-state index is 11.7. The van der Waals surface area contributed by atoms with Gasteiger partial charge in [-0.1, -0.05) is 111 Å². The Kier molecular flexibility index (Phi) is 51.4. The number of carbonyl (C=O) groups excluding carboxylic acids is 5. The highest BCUT2D eigenvalue weighted by atomic mass is 16.5. The van der Waals surface area contributed by atoms with Gasteiger partial charge < -0.3 is 56.2 Å². The molecule has 8 N–H and O–H groups in total. The summed E-state index contributed by atoms with van der Waals surface area (Å²) >= 11 is 0. The van der Waals surface area contributed by atoms with Gasteiger partial charge in [-0.15, -0.1) is 0 Å². The van der Waals surface area contributed by atoms with E-state index in [-0.39, 0.29) is 109 Å². The molecule has 0 rings (SSSR count). The number of aliphatic carboxylic acids is 2. The fourth-order valence-electron chi connectivity index (χ4n) is 5.69. The molecule has 1 unspecified atom stereocenters. The van der Waals surface area contributed by atoms with Crippen LogP contribution in [0.5, 0.6) is 0 Å². The van der Waals surface area contributed by atoms with E-state index in [0.717, 1.165) is 25.7 Å². The zero-order chi connectivity index (χ0) is 47.6. The van der Waals surface area contributed by atoms with Gasteiger partial charge in [-0.3, -0.25) is 28.8 Å². The maximum Gasteiger partial charge on any atom is 0.326 e. The van der Waals surface area contributed by atoms with Crippen LogP contribution in [0.1, 0.15) is 163 Å². The van der Waals surface area contributed by atoms with Crippen LogP contribution in [0.4, 0.5) is 0 Å². The van der Waals surface area contributed by atoms with E-state index in [1.165, 1.54) is 90.4 Å². The number of hydrogen-bond donors (Lipinski definition) is 7. The molecule has 0 aromatic rings. The van der Waals surface area contributed by atoms with E-state index in [2.05, 4.69) is 28.2 Å². The van der Waals surface area contributed by atoms with Gasteiger partial charge in [0.2, 0.25) is 24.1 Å². The van der Waals surface area contributed by atoms with Crippen molar-refractivity contribution in [2.24, 2.45) is 5.73 Å². The topological polar surface area (TPSA) is 271 Å². The monoisotopic (exact) mass is 906 g/mol. The summed E-state index contributed by atoms with van der Waals surface area (Å²) in [4.78, 5) is 77.7. The van der Waals surface area contributed by atoms with E-state index in [9.17, 15) is 33.6 Å². The largest absolute Gasteiger partial charge is 0.481 e. The van der Waals surface area contributed by atoms with Crippen molar-refractivity contribution < 1.29 is 62.7 Å². The van der Waals surface area contributed by atoms with E-state index < -0.39 is 24.0 Å². The Hall–Kier alpha value is -3.71. The van der Waals surface area contributed by atoms with Crippen LogP contribution in [0, 0.1) is 0 Å². The van der Waals surface area contributed by atoms with Crippen molar-refractivity contribution in [2.45, 2.75) is 175 Å². The van der Waals surface area contributed by atoms with Crippen LogP contribution < -0.4 is 27.0 Å². The first-order chi connectivity index (χ1) is 30.4. The Balaban J connectivity index is -0.00000137. The van der Waals surface area contributed by atoms with Gasteiger partial charge in [0.25, 0.3) is 0 Å². The van der Waals surface area contributed by atoms with Gasteiger partial charge in [0, 0.05) is 32.5 Å². The number of hydrogen-bond acceptors (Lipinski definition) is 12. The number of ether oxygens (including phenoxy) is 4. The fourth-order valence-corrected chi connectivity index (χ4v) is 5.69. The molecule has 0 aromatic carbocycles. The summed E-state index contributed by atoms with van der Waals surface area (Å²) in [5.74, 6) is -2.83. The molecule has 0 aromatic heterocycles. The van der Waals surface area contributed by atoms with E-state index >= 15 is 0 Å². The molecule has 18 heteroatoms. The second kappa shape index (κ2) is 50.9. The Bertz CT molecular complexity index is 1130. The predicted molar refractivity (Wildman–Crippen MR) is 243 cm³/mol. The zero-order valence-electron chi connectivity index (χ0n) is 39.3. The molecule has 0 spiro atoms.